The minimum absolute atomic E-state index is 0.0680. The molecule has 0 aliphatic carbocycles. The van der Waals surface area contributed by atoms with Crippen LogP contribution in [0.5, 0.6) is 5.75 Å². The molecule has 0 aromatic heterocycles. The van der Waals surface area contributed by atoms with Gasteiger partial charge in [0.2, 0.25) is 5.91 Å². The average molecular weight is 311 g/mol. The molecule has 0 bridgehead atoms. The Hall–Kier alpha value is -1.57. The van der Waals surface area contributed by atoms with Crippen LogP contribution in [0, 0.1) is 0 Å². The number of amides is 1. The summed E-state index contributed by atoms with van der Waals surface area (Å²) >= 11 is 1.46. The fourth-order valence-corrected chi connectivity index (χ4v) is 3.28. The van der Waals surface area contributed by atoms with Gasteiger partial charge in [0.25, 0.3) is 0 Å². The van der Waals surface area contributed by atoms with Crippen LogP contribution >= 0.6 is 11.8 Å². The van der Waals surface area contributed by atoms with Crippen molar-refractivity contribution in [2.24, 2.45) is 0 Å². The molecule has 7 heteroatoms. The van der Waals surface area contributed by atoms with Gasteiger partial charge in [-0.15, -0.1) is 11.8 Å². The van der Waals surface area contributed by atoms with Crippen molar-refractivity contribution in [2.45, 2.75) is 18.4 Å². The zero-order valence-electron chi connectivity index (χ0n) is 11.6. The molecule has 1 fully saturated rings. The maximum Gasteiger partial charge on any atom is 0.308 e. The lowest BCUT2D eigenvalue weighted by atomic mass is 10.2. The van der Waals surface area contributed by atoms with Gasteiger partial charge in [-0.25, -0.2) is 0 Å². The van der Waals surface area contributed by atoms with E-state index in [0.29, 0.717) is 11.5 Å². The molecule has 2 atom stereocenters. The molecule has 6 nitrogen and oxygen atoms in total. The van der Waals surface area contributed by atoms with Gasteiger partial charge in [0.1, 0.15) is 11.1 Å². The summed E-state index contributed by atoms with van der Waals surface area (Å²) in [4.78, 5) is 24.3. The molecule has 0 saturated carbocycles. The predicted molar refractivity (Wildman–Crippen MR) is 77.8 cm³/mol. The standard InChI is InChI=1S/C14H17NO5S/c1-9(17)20-12-4-2-10(3-5-12)14-15(6-11(18)7-16)13(19)8-21-14/h2-5,11,14,16,18H,6-8H2,1H3/t11-,14?/m0/s1. The van der Waals surface area contributed by atoms with Crippen molar-refractivity contribution in [3.05, 3.63) is 29.8 Å². The molecular formula is C14H17NO5S. The normalized spacial score (nSPS) is 19.7. The van der Waals surface area contributed by atoms with Crippen LogP contribution in [0.1, 0.15) is 17.9 Å². The number of aliphatic hydroxyl groups is 2. The second-order valence-corrected chi connectivity index (χ2v) is 5.78. The molecule has 2 rings (SSSR count). The Morgan fingerprint density at radius 1 is 1.48 bits per heavy atom. The molecule has 1 saturated heterocycles. The Morgan fingerprint density at radius 2 is 2.14 bits per heavy atom. The van der Waals surface area contributed by atoms with Gasteiger partial charge >= 0.3 is 5.97 Å². The lowest BCUT2D eigenvalue weighted by molar-refractivity contribution is -0.132. The number of rotatable bonds is 5. The summed E-state index contributed by atoms with van der Waals surface area (Å²) in [7, 11) is 0. The minimum atomic E-state index is -0.949. The summed E-state index contributed by atoms with van der Waals surface area (Å²) in [6.07, 6.45) is -0.949. The smallest absolute Gasteiger partial charge is 0.308 e. The minimum Gasteiger partial charge on any atom is -0.427 e. The van der Waals surface area contributed by atoms with Crippen LogP contribution in [0.4, 0.5) is 0 Å². The van der Waals surface area contributed by atoms with Crippen molar-refractivity contribution < 1.29 is 24.5 Å². The number of esters is 1. The largest absolute Gasteiger partial charge is 0.427 e. The number of nitrogens with zero attached hydrogens (tertiary/aromatic N) is 1. The average Bonchev–Trinajstić information content (AvgIpc) is 2.80. The van der Waals surface area contributed by atoms with Crippen LogP contribution in [0.2, 0.25) is 0 Å². The van der Waals surface area contributed by atoms with Gasteiger partial charge in [0, 0.05) is 6.92 Å². The Morgan fingerprint density at radius 3 is 2.71 bits per heavy atom. The van der Waals surface area contributed by atoms with E-state index in [1.807, 2.05) is 0 Å². The summed E-state index contributed by atoms with van der Waals surface area (Å²) in [5.41, 5.74) is 0.881. The Labute approximate surface area is 126 Å². The number of hydrogen-bond acceptors (Lipinski definition) is 6. The van der Waals surface area contributed by atoms with Crippen molar-refractivity contribution in [2.75, 3.05) is 18.9 Å². The molecule has 2 N–H and O–H groups in total. The first-order valence-corrected chi connectivity index (χ1v) is 7.54. The first kappa shape index (κ1) is 15.8. The van der Waals surface area contributed by atoms with E-state index in [-0.39, 0.29) is 30.4 Å². The fraction of sp³-hybridized carbons (Fsp3) is 0.429. The monoisotopic (exact) mass is 311 g/mol. The van der Waals surface area contributed by atoms with Crippen molar-refractivity contribution in [3.8, 4) is 5.75 Å². The number of hydrogen-bond donors (Lipinski definition) is 2. The molecule has 1 amide bonds. The second-order valence-electron chi connectivity index (χ2n) is 4.71. The van der Waals surface area contributed by atoms with Gasteiger partial charge in [-0.1, -0.05) is 12.1 Å². The van der Waals surface area contributed by atoms with Crippen LogP contribution in [-0.2, 0) is 9.59 Å². The first-order chi connectivity index (χ1) is 10.0. The van der Waals surface area contributed by atoms with E-state index in [1.54, 1.807) is 29.2 Å². The van der Waals surface area contributed by atoms with E-state index >= 15 is 0 Å². The van der Waals surface area contributed by atoms with Crippen LogP contribution in [-0.4, -0.2) is 52.0 Å². The molecule has 1 heterocycles. The molecule has 0 radical (unpaired) electrons. The highest BCUT2D eigenvalue weighted by Crippen LogP contribution is 2.39. The first-order valence-electron chi connectivity index (χ1n) is 6.49. The fourth-order valence-electron chi connectivity index (χ4n) is 2.08. The maximum atomic E-state index is 11.9. The number of carbonyl (C=O) groups excluding carboxylic acids is 2. The van der Waals surface area contributed by atoms with Crippen LogP contribution in [0.25, 0.3) is 0 Å². The van der Waals surface area contributed by atoms with Gasteiger partial charge in [0.15, 0.2) is 0 Å². The Balaban J connectivity index is 2.12. The topological polar surface area (TPSA) is 87.1 Å². The predicted octanol–water partition coefficient (Wildman–Crippen LogP) is 0.539. The van der Waals surface area contributed by atoms with Crippen molar-refractivity contribution in [3.63, 3.8) is 0 Å². The highest BCUT2D eigenvalue weighted by atomic mass is 32.2. The molecule has 21 heavy (non-hydrogen) atoms. The third kappa shape index (κ3) is 3.96. The Bertz CT molecular complexity index is 519. The van der Waals surface area contributed by atoms with E-state index in [2.05, 4.69) is 0 Å². The van der Waals surface area contributed by atoms with Crippen molar-refractivity contribution in [1.82, 2.24) is 4.90 Å². The SMILES string of the molecule is CC(=O)Oc1ccc(C2SCC(=O)N2C[C@H](O)CO)cc1. The number of ether oxygens (including phenoxy) is 1. The molecule has 1 aromatic carbocycles. The van der Waals surface area contributed by atoms with E-state index in [4.69, 9.17) is 9.84 Å². The molecule has 114 valence electrons. The maximum absolute atomic E-state index is 11.9. The number of carbonyl (C=O) groups is 2. The van der Waals surface area contributed by atoms with Gasteiger partial charge in [-0.3, -0.25) is 9.59 Å². The summed E-state index contributed by atoms with van der Waals surface area (Å²) in [6, 6.07) is 6.90. The lowest BCUT2D eigenvalue weighted by Gasteiger charge is -2.26. The van der Waals surface area contributed by atoms with E-state index in [1.165, 1.54) is 18.7 Å². The molecule has 1 unspecified atom stereocenters. The van der Waals surface area contributed by atoms with Gasteiger partial charge < -0.3 is 19.8 Å². The summed E-state index contributed by atoms with van der Waals surface area (Å²) in [5, 5.41) is 18.2. The van der Waals surface area contributed by atoms with Gasteiger partial charge in [-0.05, 0) is 17.7 Å². The summed E-state index contributed by atoms with van der Waals surface area (Å²) in [6.45, 7) is 1.04. The van der Waals surface area contributed by atoms with E-state index in [9.17, 15) is 14.7 Å². The molecule has 1 aliphatic heterocycles. The van der Waals surface area contributed by atoms with Crippen molar-refractivity contribution >= 4 is 23.6 Å². The molecule has 1 aliphatic rings. The van der Waals surface area contributed by atoms with Gasteiger partial charge in [0.05, 0.1) is 25.0 Å². The molecule has 0 spiro atoms. The quantitative estimate of drug-likeness (QED) is 0.609. The Kier molecular flexibility index (Phi) is 5.22. The number of β-amino-alcohol motifs (C(OH)–C–C–N with tert-alkyl or cyclic N) is 1. The zero-order chi connectivity index (χ0) is 15.4. The number of thioether (sulfide) groups is 1. The highest BCUT2D eigenvalue weighted by molar-refractivity contribution is 8.00. The van der Waals surface area contributed by atoms with E-state index < -0.39 is 6.10 Å². The lowest BCUT2D eigenvalue weighted by Crippen LogP contribution is -2.37. The van der Waals surface area contributed by atoms with Gasteiger partial charge in [-0.2, -0.15) is 0 Å². The highest BCUT2D eigenvalue weighted by Gasteiger charge is 2.33. The van der Waals surface area contributed by atoms with Crippen LogP contribution in [0.15, 0.2) is 24.3 Å². The van der Waals surface area contributed by atoms with Crippen LogP contribution in [0.3, 0.4) is 0 Å². The third-order valence-corrected chi connectivity index (χ3v) is 4.27. The van der Waals surface area contributed by atoms with E-state index in [0.717, 1.165) is 5.56 Å². The second kappa shape index (κ2) is 6.93. The summed E-state index contributed by atoms with van der Waals surface area (Å²) in [5.74, 6) is 0.332. The third-order valence-electron chi connectivity index (χ3n) is 3.01. The van der Waals surface area contributed by atoms with Crippen molar-refractivity contribution in [1.29, 1.82) is 0 Å². The van der Waals surface area contributed by atoms with Crippen LogP contribution < -0.4 is 4.74 Å². The number of benzene rings is 1. The molecular weight excluding hydrogens is 294 g/mol. The zero-order valence-corrected chi connectivity index (χ0v) is 12.4. The molecule has 1 aromatic rings. The number of aliphatic hydroxyl groups excluding tert-OH is 2. The summed E-state index contributed by atoms with van der Waals surface area (Å²) < 4.78 is 4.96.